The molecule has 0 aromatic heterocycles. The van der Waals surface area contributed by atoms with Gasteiger partial charge < -0.3 is 0 Å². The van der Waals surface area contributed by atoms with Crippen LogP contribution in [0.2, 0.25) is 5.02 Å². The summed E-state index contributed by atoms with van der Waals surface area (Å²) in [5.74, 6) is 6.67. The second-order valence-electron chi connectivity index (χ2n) is 3.14. The first-order chi connectivity index (χ1) is 7.61. The van der Waals surface area contributed by atoms with Crippen molar-refractivity contribution >= 4 is 39.3 Å². The maximum atomic E-state index is 13.9. The molecule has 0 radical (unpaired) electrons. The molecule has 0 bridgehead atoms. The zero-order valence-electron chi connectivity index (χ0n) is 8.77. The summed E-state index contributed by atoms with van der Waals surface area (Å²) in [7, 11) is 0. The fourth-order valence-corrected chi connectivity index (χ4v) is 2.50. The van der Waals surface area contributed by atoms with Crippen LogP contribution in [0.4, 0.5) is 4.39 Å². The quantitative estimate of drug-likeness (QED) is 0.494. The monoisotopic (exact) mass is 326 g/mol. The second-order valence-corrected chi connectivity index (χ2v) is 5.69. The van der Waals surface area contributed by atoms with Crippen LogP contribution in [-0.2, 0) is 0 Å². The Bertz CT molecular complexity index is 365. The predicted octanol–water partition coefficient (Wildman–Crippen LogP) is 3.50. The topological polar surface area (TPSA) is 38.0 Å². The average molecular weight is 328 g/mol. The van der Waals surface area contributed by atoms with E-state index < -0.39 is 5.82 Å². The van der Waals surface area contributed by atoms with Crippen LogP contribution < -0.4 is 11.3 Å². The fraction of sp³-hybridized carbons (Fsp3) is 0.400. The number of hydrogen-bond acceptors (Lipinski definition) is 3. The van der Waals surface area contributed by atoms with Gasteiger partial charge in [-0.1, -0.05) is 24.6 Å². The highest BCUT2D eigenvalue weighted by Gasteiger charge is 2.17. The van der Waals surface area contributed by atoms with Crippen molar-refractivity contribution in [3.8, 4) is 0 Å². The molecular weight excluding hydrogens is 315 g/mol. The van der Waals surface area contributed by atoms with Crippen LogP contribution in [0.1, 0.15) is 18.5 Å². The van der Waals surface area contributed by atoms with Crippen LogP contribution in [-0.4, -0.2) is 11.5 Å². The highest BCUT2D eigenvalue weighted by atomic mass is 79.9. The number of rotatable bonds is 5. The van der Waals surface area contributed by atoms with Crippen molar-refractivity contribution in [2.75, 3.05) is 11.5 Å². The third-order valence-electron chi connectivity index (χ3n) is 2.13. The molecule has 0 aliphatic rings. The Morgan fingerprint density at radius 2 is 2.31 bits per heavy atom. The van der Waals surface area contributed by atoms with Crippen LogP contribution in [0.15, 0.2) is 16.6 Å². The van der Waals surface area contributed by atoms with Gasteiger partial charge in [0.2, 0.25) is 0 Å². The van der Waals surface area contributed by atoms with E-state index in [4.69, 9.17) is 17.4 Å². The molecule has 16 heavy (non-hydrogen) atoms. The first kappa shape index (κ1) is 14.3. The summed E-state index contributed by atoms with van der Waals surface area (Å²) in [6, 6.07) is 3.18. The lowest BCUT2D eigenvalue weighted by molar-refractivity contribution is 0.546. The van der Waals surface area contributed by atoms with Crippen molar-refractivity contribution in [3.63, 3.8) is 0 Å². The van der Waals surface area contributed by atoms with Gasteiger partial charge in [-0.25, -0.2) is 4.39 Å². The lowest BCUT2D eigenvalue weighted by atomic mass is 10.1. The molecule has 0 fully saturated rings. The highest BCUT2D eigenvalue weighted by molar-refractivity contribution is 9.10. The van der Waals surface area contributed by atoms with Crippen LogP contribution in [0.25, 0.3) is 0 Å². The van der Waals surface area contributed by atoms with Crippen molar-refractivity contribution in [1.82, 2.24) is 5.43 Å². The average Bonchev–Trinajstić information content (AvgIpc) is 2.29. The Kier molecular flexibility index (Phi) is 6.07. The Labute approximate surface area is 112 Å². The largest absolute Gasteiger partial charge is 0.271 e. The molecule has 1 unspecified atom stereocenters. The molecule has 2 nitrogen and oxygen atoms in total. The molecule has 1 aromatic carbocycles. The number of hydrogen-bond donors (Lipinski definition) is 2. The second kappa shape index (κ2) is 6.81. The maximum absolute atomic E-state index is 13.9. The van der Waals surface area contributed by atoms with Crippen LogP contribution in [0.5, 0.6) is 0 Å². The Morgan fingerprint density at radius 3 is 2.88 bits per heavy atom. The molecule has 3 N–H and O–H groups in total. The van der Waals surface area contributed by atoms with E-state index in [0.717, 1.165) is 5.75 Å². The summed E-state index contributed by atoms with van der Waals surface area (Å²) in [5, 5.41) is 0.0965. The molecule has 0 aliphatic carbocycles. The normalized spacial score (nSPS) is 12.8. The van der Waals surface area contributed by atoms with Gasteiger partial charge in [-0.05, 0) is 27.7 Å². The molecule has 0 saturated heterocycles. The minimum absolute atomic E-state index is 0.0965. The van der Waals surface area contributed by atoms with Gasteiger partial charge in [0.25, 0.3) is 0 Å². The van der Waals surface area contributed by atoms with E-state index in [1.807, 2.05) is 6.92 Å². The van der Waals surface area contributed by atoms with E-state index in [1.54, 1.807) is 23.9 Å². The number of nitrogens with two attached hydrogens (primary N) is 1. The summed E-state index contributed by atoms with van der Waals surface area (Å²) in [6.45, 7) is 2.04. The standard InChI is InChI=1S/C10H13BrClFN2S/c1-2-16-5-8(15-14)6-3-4-7(11)9(12)10(6)13/h3-4,8,15H,2,5,14H2,1H3. The molecule has 1 atom stereocenters. The van der Waals surface area contributed by atoms with Gasteiger partial charge >= 0.3 is 0 Å². The zero-order valence-corrected chi connectivity index (χ0v) is 11.9. The molecule has 0 spiro atoms. The van der Waals surface area contributed by atoms with Crippen molar-refractivity contribution in [1.29, 1.82) is 0 Å². The Morgan fingerprint density at radius 1 is 1.62 bits per heavy atom. The first-order valence-electron chi connectivity index (χ1n) is 4.79. The van der Waals surface area contributed by atoms with Crippen molar-refractivity contribution in [3.05, 3.63) is 33.0 Å². The molecule has 0 aliphatic heterocycles. The molecule has 0 heterocycles. The first-order valence-corrected chi connectivity index (χ1v) is 7.11. The summed E-state index contributed by atoms with van der Waals surface area (Å²) in [5.41, 5.74) is 3.10. The molecule has 1 aromatic rings. The van der Waals surface area contributed by atoms with Crippen LogP contribution >= 0.6 is 39.3 Å². The molecule has 6 heteroatoms. The van der Waals surface area contributed by atoms with Crippen molar-refractivity contribution < 1.29 is 4.39 Å². The molecule has 1 rings (SSSR count). The maximum Gasteiger partial charge on any atom is 0.147 e. The lowest BCUT2D eigenvalue weighted by Gasteiger charge is -2.17. The van der Waals surface area contributed by atoms with Crippen LogP contribution in [0.3, 0.4) is 0 Å². The number of benzene rings is 1. The van der Waals surface area contributed by atoms with Crippen LogP contribution in [0, 0.1) is 5.82 Å². The van der Waals surface area contributed by atoms with Crippen molar-refractivity contribution in [2.45, 2.75) is 13.0 Å². The van der Waals surface area contributed by atoms with Crippen molar-refractivity contribution in [2.24, 2.45) is 5.84 Å². The number of halogens is 3. The number of thioether (sulfide) groups is 1. The van der Waals surface area contributed by atoms with Gasteiger partial charge in [0.1, 0.15) is 5.82 Å². The van der Waals surface area contributed by atoms with E-state index in [-0.39, 0.29) is 11.1 Å². The summed E-state index contributed by atoms with van der Waals surface area (Å²) in [4.78, 5) is 0. The summed E-state index contributed by atoms with van der Waals surface area (Å²) in [6.07, 6.45) is 0. The highest BCUT2D eigenvalue weighted by Crippen LogP contribution is 2.31. The Balaban J connectivity index is 2.96. The van der Waals surface area contributed by atoms with Gasteiger partial charge in [0.05, 0.1) is 11.1 Å². The predicted molar refractivity (Wildman–Crippen MR) is 72.2 cm³/mol. The third kappa shape index (κ3) is 3.34. The molecular formula is C10H13BrClFN2S. The molecule has 90 valence electrons. The molecule has 0 saturated carbocycles. The lowest BCUT2D eigenvalue weighted by Crippen LogP contribution is -2.30. The van der Waals surface area contributed by atoms with E-state index in [2.05, 4.69) is 21.4 Å². The van der Waals surface area contributed by atoms with Gasteiger partial charge in [-0.2, -0.15) is 11.8 Å². The zero-order chi connectivity index (χ0) is 12.1. The smallest absolute Gasteiger partial charge is 0.147 e. The minimum atomic E-state index is -0.421. The van der Waals surface area contributed by atoms with Gasteiger partial charge in [-0.15, -0.1) is 0 Å². The van der Waals surface area contributed by atoms with Gasteiger partial charge in [0.15, 0.2) is 0 Å². The number of nitrogens with one attached hydrogen (secondary N) is 1. The molecule has 0 amide bonds. The summed E-state index contributed by atoms with van der Waals surface area (Å²) < 4.78 is 14.4. The van der Waals surface area contributed by atoms with E-state index in [9.17, 15) is 4.39 Å². The minimum Gasteiger partial charge on any atom is -0.271 e. The van der Waals surface area contributed by atoms with E-state index in [0.29, 0.717) is 15.8 Å². The summed E-state index contributed by atoms with van der Waals surface area (Å²) >= 11 is 10.7. The van der Waals surface area contributed by atoms with E-state index in [1.165, 1.54) is 0 Å². The fourth-order valence-electron chi connectivity index (χ4n) is 1.27. The van der Waals surface area contributed by atoms with E-state index >= 15 is 0 Å². The number of hydrazine groups is 1. The van der Waals surface area contributed by atoms with Gasteiger partial charge in [0, 0.05) is 15.8 Å². The van der Waals surface area contributed by atoms with Gasteiger partial charge in [-0.3, -0.25) is 11.3 Å². The Hall–Kier alpha value is 0.190. The SMILES string of the molecule is CCSCC(NN)c1ccc(Br)c(Cl)c1F. The third-order valence-corrected chi connectivity index (χ3v) is 4.37.